The minimum Gasteiger partial charge on any atom is -0.493 e. The first kappa shape index (κ1) is 15.3. The molecule has 1 aromatic rings. The Morgan fingerprint density at radius 3 is 2.61 bits per heavy atom. The number of ether oxygens (including phenoxy) is 2. The predicted molar refractivity (Wildman–Crippen MR) is 66.1 cm³/mol. The number of hydrogen-bond acceptors (Lipinski definition) is 2. The molecule has 2 nitrogen and oxygen atoms in total. The summed E-state index contributed by atoms with van der Waals surface area (Å²) in [6.07, 6.45) is -3.83. The fraction of sp³-hybridized carbons (Fsp3) is 0.500. The summed E-state index contributed by atoms with van der Waals surface area (Å²) in [6, 6.07) is 7.51. The normalized spacial score (nSPS) is 11.6. The van der Waals surface area contributed by atoms with Crippen LogP contribution in [0.1, 0.15) is 12.0 Å². The first-order chi connectivity index (χ1) is 8.51. The van der Waals surface area contributed by atoms with Gasteiger partial charge >= 0.3 is 6.18 Å². The molecule has 102 valence electrons. The maximum Gasteiger partial charge on any atom is 0.411 e. The summed E-state index contributed by atoms with van der Waals surface area (Å²) in [4.78, 5) is 0. The Bertz CT molecular complexity index is 355. The fourth-order valence-corrected chi connectivity index (χ4v) is 1.61. The van der Waals surface area contributed by atoms with Crippen molar-refractivity contribution in [2.24, 2.45) is 0 Å². The molecule has 0 aliphatic rings. The van der Waals surface area contributed by atoms with Crippen molar-refractivity contribution in [3.63, 3.8) is 0 Å². The number of halogens is 4. The van der Waals surface area contributed by atoms with Crippen LogP contribution >= 0.6 is 15.9 Å². The van der Waals surface area contributed by atoms with Crippen LogP contribution in [0, 0.1) is 0 Å². The van der Waals surface area contributed by atoms with Gasteiger partial charge in [-0.3, -0.25) is 0 Å². The van der Waals surface area contributed by atoms with Gasteiger partial charge in [-0.25, -0.2) is 0 Å². The Morgan fingerprint density at radius 2 is 1.94 bits per heavy atom. The van der Waals surface area contributed by atoms with Crippen LogP contribution in [-0.2, 0) is 10.1 Å². The average Bonchev–Trinajstić information content (AvgIpc) is 2.32. The molecule has 0 spiro atoms. The van der Waals surface area contributed by atoms with Crippen LogP contribution < -0.4 is 4.74 Å². The molecular weight excluding hydrogens is 313 g/mol. The lowest BCUT2D eigenvalue weighted by Gasteiger charge is -2.09. The lowest BCUT2D eigenvalue weighted by molar-refractivity contribution is -0.174. The van der Waals surface area contributed by atoms with Crippen LogP contribution in [0.5, 0.6) is 5.75 Å². The Hall–Kier alpha value is -0.750. The Morgan fingerprint density at radius 1 is 1.17 bits per heavy atom. The third-order valence-electron chi connectivity index (χ3n) is 2.02. The zero-order valence-electron chi connectivity index (χ0n) is 9.67. The summed E-state index contributed by atoms with van der Waals surface area (Å²) in [7, 11) is 0. The van der Waals surface area contributed by atoms with E-state index < -0.39 is 12.8 Å². The van der Waals surface area contributed by atoms with E-state index in [2.05, 4.69) is 20.7 Å². The molecule has 0 fully saturated rings. The zero-order chi connectivity index (χ0) is 13.4. The van der Waals surface area contributed by atoms with Crippen molar-refractivity contribution in [3.8, 4) is 5.75 Å². The van der Waals surface area contributed by atoms with E-state index in [1.807, 2.05) is 24.3 Å². The summed E-state index contributed by atoms with van der Waals surface area (Å²) >= 11 is 3.33. The van der Waals surface area contributed by atoms with E-state index in [4.69, 9.17) is 4.74 Å². The van der Waals surface area contributed by atoms with Crippen LogP contribution in [0.25, 0.3) is 0 Å². The Kier molecular flexibility index (Phi) is 6.49. The predicted octanol–water partition coefficient (Wildman–Crippen LogP) is 3.93. The van der Waals surface area contributed by atoms with Gasteiger partial charge in [0.1, 0.15) is 12.4 Å². The van der Waals surface area contributed by atoms with E-state index in [0.717, 1.165) is 10.9 Å². The number of rotatable bonds is 7. The second kappa shape index (κ2) is 7.63. The lowest BCUT2D eigenvalue weighted by atomic mass is 10.2. The minimum absolute atomic E-state index is 0.0393. The molecule has 0 N–H and O–H groups in total. The van der Waals surface area contributed by atoms with Crippen LogP contribution in [0.4, 0.5) is 13.2 Å². The van der Waals surface area contributed by atoms with Gasteiger partial charge in [0.25, 0.3) is 0 Å². The Labute approximate surface area is 112 Å². The molecule has 0 heterocycles. The molecule has 18 heavy (non-hydrogen) atoms. The second-order valence-electron chi connectivity index (χ2n) is 3.65. The van der Waals surface area contributed by atoms with E-state index in [-0.39, 0.29) is 6.61 Å². The van der Waals surface area contributed by atoms with Crippen LogP contribution in [0.3, 0.4) is 0 Å². The molecule has 0 saturated carbocycles. The van der Waals surface area contributed by atoms with E-state index in [1.54, 1.807) is 0 Å². The largest absolute Gasteiger partial charge is 0.493 e. The highest BCUT2D eigenvalue weighted by molar-refractivity contribution is 9.08. The highest BCUT2D eigenvalue weighted by Gasteiger charge is 2.27. The molecule has 0 radical (unpaired) electrons. The summed E-state index contributed by atoms with van der Waals surface area (Å²) in [6.45, 7) is -0.826. The van der Waals surface area contributed by atoms with Gasteiger partial charge in [-0.15, -0.1) is 0 Å². The monoisotopic (exact) mass is 326 g/mol. The summed E-state index contributed by atoms with van der Waals surface area (Å²) in [5.41, 5.74) is 1.08. The summed E-state index contributed by atoms with van der Waals surface area (Å²) in [5, 5.41) is 0.735. The first-order valence-corrected chi connectivity index (χ1v) is 6.55. The summed E-state index contributed by atoms with van der Waals surface area (Å²) in [5.74, 6) is 0.711. The van der Waals surface area contributed by atoms with Gasteiger partial charge in [-0.1, -0.05) is 28.1 Å². The van der Waals surface area contributed by atoms with Gasteiger partial charge in [0.05, 0.1) is 13.2 Å². The van der Waals surface area contributed by atoms with Crippen molar-refractivity contribution in [2.75, 3.05) is 19.8 Å². The van der Waals surface area contributed by atoms with E-state index in [0.29, 0.717) is 18.8 Å². The van der Waals surface area contributed by atoms with Crippen LogP contribution in [0.2, 0.25) is 0 Å². The molecule has 6 heteroatoms. The van der Waals surface area contributed by atoms with Crippen molar-refractivity contribution < 1.29 is 22.6 Å². The standard InChI is InChI=1S/C12H14BrF3O2/c13-8-10-3-1-4-11(7-10)18-6-2-5-17-9-12(14,15)16/h1,3-4,7H,2,5-6,8-9H2. The SMILES string of the molecule is FC(F)(F)COCCCOc1cccc(CBr)c1. The molecule has 1 aromatic carbocycles. The molecule has 0 aliphatic heterocycles. The molecule has 1 rings (SSSR count). The van der Waals surface area contributed by atoms with E-state index >= 15 is 0 Å². The van der Waals surface area contributed by atoms with Gasteiger partial charge in [0.15, 0.2) is 0 Å². The molecule has 0 unspecified atom stereocenters. The third kappa shape index (κ3) is 6.86. The molecule has 0 bridgehead atoms. The van der Waals surface area contributed by atoms with E-state index in [1.165, 1.54) is 0 Å². The van der Waals surface area contributed by atoms with Gasteiger partial charge < -0.3 is 9.47 Å². The van der Waals surface area contributed by atoms with Crippen molar-refractivity contribution in [1.82, 2.24) is 0 Å². The number of benzene rings is 1. The van der Waals surface area contributed by atoms with Crippen molar-refractivity contribution >= 4 is 15.9 Å². The molecule has 0 aliphatic carbocycles. The second-order valence-corrected chi connectivity index (χ2v) is 4.21. The van der Waals surface area contributed by atoms with Crippen molar-refractivity contribution in [1.29, 1.82) is 0 Å². The number of alkyl halides is 4. The average molecular weight is 327 g/mol. The maximum atomic E-state index is 11.8. The maximum absolute atomic E-state index is 11.8. The lowest BCUT2D eigenvalue weighted by Crippen LogP contribution is -2.18. The van der Waals surface area contributed by atoms with Crippen molar-refractivity contribution in [2.45, 2.75) is 17.9 Å². The highest BCUT2D eigenvalue weighted by Crippen LogP contribution is 2.16. The quantitative estimate of drug-likeness (QED) is 0.558. The van der Waals surface area contributed by atoms with Crippen LogP contribution in [-0.4, -0.2) is 26.0 Å². The van der Waals surface area contributed by atoms with E-state index in [9.17, 15) is 13.2 Å². The van der Waals surface area contributed by atoms with Gasteiger partial charge in [0, 0.05) is 11.8 Å². The smallest absolute Gasteiger partial charge is 0.411 e. The number of hydrogen-bond donors (Lipinski definition) is 0. The van der Waals surface area contributed by atoms with Gasteiger partial charge in [-0.2, -0.15) is 13.2 Å². The molecule has 0 aromatic heterocycles. The topological polar surface area (TPSA) is 18.5 Å². The third-order valence-corrected chi connectivity index (χ3v) is 2.67. The fourth-order valence-electron chi connectivity index (χ4n) is 1.26. The molecular formula is C12H14BrF3O2. The van der Waals surface area contributed by atoms with Gasteiger partial charge in [0.2, 0.25) is 0 Å². The molecule has 0 amide bonds. The minimum atomic E-state index is -4.26. The summed E-state index contributed by atoms with van der Waals surface area (Å²) < 4.78 is 45.1. The first-order valence-electron chi connectivity index (χ1n) is 5.43. The Balaban J connectivity index is 2.14. The zero-order valence-corrected chi connectivity index (χ0v) is 11.3. The molecule has 0 atom stereocenters. The molecule has 0 saturated heterocycles. The highest BCUT2D eigenvalue weighted by atomic mass is 79.9. The van der Waals surface area contributed by atoms with Crippen LogP contribution in [0.15, 0.2) is 24.3 Å². The van der Waals surface area contributed by atoms with Gasteiger partial charge in [-0.05, 0) is 17.7 Å². The van der Waals surface area contributed by atoms with Crippen molar-refractivity contribution in [3.05, 3.63) is 29.8 Å².